The highest BCUT2D eigenvalue weighted by Crippen LogP contribution is 2.16. The van der Waals surface area contributed by atoms with Crippen LogP contribution in [0, 0.1) is 0 Å². The van der Waals surface area contributed by atoms with Crippen molar-refractivity contribution in [3.05, 3.63) is 58.6 Å². The van der Waals surface area contributed by atoms with Crippen molar-refractivity contribution < 1.29 is 9.59 Å². The first-order valence-electron chi connectivity index (χ1n) is 7.67. The smallest absolute Gasteiger partial charge is 0.241 e. The van der Waals surface area contributed by atoms with Gasteiger partial charge in [-0.25, -0.2) is 0 Å². The largest absolute Gasteiger partial charge is 0.325 e. The predicted octanol–water partition coefficient (Wildman–Crippen LogP) is 3.89. The van der Waals surface area contributed by atoms with Gasteiger partial charge in [-0.05, 0) is 56.4 Å². The van der Waals surface area contributed by atoms with E-state index in [2.05, 4.69) is 10.6 Å². The molecule has 0 spiro atoms. The van der Waals surface area contributed by atoms with Crippen LogP contribution in [0.25, 0.3) is 0 Å². The maximum absolute atomic E-state index is 12.3. The number of carbonyl (C=O) groups is 2. The third-order valence-corrected chi connectivity index (χ3v) is 4.14. The van der Waals surface area contributed by atoms with E-state index in [4.69, 9.17) is 23.2 Å². The highest BCUT2D eigenvalue weighted by Gasteiger charge is 2.20. The Labute approximate surface area is 156 Å². The number of likely N-dealkylation sites (N-methyl/N-ethyl adjacent to an activating group) is 1. The van der Waals surface area contributed by atoms with Crippen LogP contribution < -0.4 is 10.6 Å². The van der Waals surface area contributed by atoms with Crippen molar-refractivity contribution in [2.24, 2.45) is 0 Å². The van der Waals surface area contributed by atoms with Crippen molar-refractivity contribution in [1.82, 2.24) is 4.90 Å². The molecule has 0 aliphatic heterocycles. The van der Waals surface area contributed by atoms with Gasteiger partial charge < -0.3 is 10.6 Å². The molecule has 2 aromatic rings. The van der Waals surface area contributed by atoms with E-state index in [1.807, 2.05) is 0 Å². The highest BCUT2D eigenvalue weighted by atomic mass is 35.5. The number of carbonyl (C=O) groups excluding carboxylic acids is 2. The van der Waals surface area contributed by atoms with Crippen LogP contribution in [0.15, 0.2) is 48.5 Å². The monoisotopic (exact) mass is 379 g/mol. The standard InChI is InChI=1S/C18H19Cl2N3O2/c1-12(18(25)22-16-5-3-4-14(20)10-16)23(2)11-17(24)21-15-8-6-13(19)7-9-15/h3-10,12H,11H2,1-2H3,(H,21,24)(H,22,25). The van der Waals surface area contributed by atoms with Crippen LogP contribution in [0.1, 0.15) is 6.92 Å². The molecule has 7 heteroatoms. The molecule has 0 heterocycles. The average molecular weight is 380 g/mol. The summed E-state index contributed by atoms with van der Waals surface area (Å²) in [4.78, 5) is 26.1. The number of benzene rings is 2. The lowest BCUT2D eigenvalue weighted by atomic mass is 10.2. The zero-order valence-electron chi connectivity index (χ0n) is 13.9. The van der Waals surface area contributed by atoms with E-state index >= 15 is 0 Å². The summed E-state index contributed by atoms with van der Waals surface area (Å²) >= 11 is 11.7. The van der Waals surface area contributed by atoms with E-state index in [1.165, 1.54) is 0 Å². The van der Waals surface area contributed by atoms with Gasteiger partial charge >= 0.3 is 0 Å². The lowest BCUT2D eigenvalue weighted by Gasteiger charge is -2.23. The van der Waals surface area contributed by atoms with Gasteiger partial charge in [0.25, 0.3) is 0 Å². The van der Waals surface area contributed by atoms with E-state index < -0.39 is 6.04 Å². The summed E-state index contributed by atoms with van der Waals surface area (Å²) < 4.78 is 0. The quantitative estimate of drug-likeness (QED) is 0.799. The Morgan fingerprint density at radius 3 is 2.32 bits per heavy atom. The molecule has 2 aromatic carbocycles. The van der Waals surface area contributed by atoms with E-state index in [0.29, 0.717) is 21.4 Å². The van der Waals surface area contributed by atoms with Crippen molar-refractivity contribution in [3.8, 4) is 0 Å². The number of hydrogen-bond acceptors (Lipinski definition) is 3. The Bertz CT molecular complexity index is 750. The summed E-state index contributed by atoms with van der Waals surface area (Å²) in [7, 11) is 1.71. The fraction of sp³-hybridized carbons (Fsp3) is 0.222. The molecule has 0 radical (unpaired) electrons. The second kappa shape index (κ2) is 8.85. The Balaban J connectivity index is 1.88. The summed E-state index contributed by atoms with van der Waals surface area (Å²) in [6.45, 7) is 1.81. The SMILES string of the molecule is CC(C(=O)Nc1cccc(Cl)c1)N(C)CC(=O)Nc1ccc(Cl)cc1. The van der Waals surface area contributed by atoms with Crippen molar-refractivity contribution >= 4 is 46.4 Å². The van der Waals surface area contributed by atoms with Gasteiger partial charge in [-0.15, -0.1) is 0 Å². The van der Waals surface area contributed by atoms with Gasteiger partial charge in [-0.3, -0.25) is 14.5 Å². The summed E-state index contributed by atoms with van der Waals surface area (Å²) in [5, 5.41) is 6.69. The van der Waals surface area contributed by atoms with Gasteiger partial charge in [0.1, 0.15) is 0 Å². The lowest BCUT2D eigenvalue weighted by molar-refractivity contribution is -0.122. The fourth-order valence-electron chi connectivity index (χ4n) is 2.11. The number of amides is 2. The first-order valence-corrected chi connectivity index (χ1v) is 8.43. The summed E-state index contributed by atoms with van der Waals surface area (Å²) in [6, 6.07) is 13.2. The van der Waals surface area contributed by atoms with Crippen molar-refractivity contribution in [2.75, 3.05) is 24.2 Å². The second-order valence-corrected chi connectivity index (χ2v) is 6.52. The molecular formula is C18H19Cl2N3O2. The summed E-state index contributed by atoms with van der Waals surface area (Å²) in [5.74, 6) is -0.434. The van der Waals surface area contributed by atoms with Crippen LogP contribution in [0.3, 0.4) is 0 Å². The second-order valence-electron chi connectivity index (χ2n) is 5.65. The molecule has 132 valence electrons. The molecule has 0 bridgehead atoms. The molecule has 2 N–H and O–H groups in total. The van der Waals surface area contributed by atoms with Crippen LogP contribution in [0.5, 0.6) is 0 Å². The zero-order valence-corrected chi connectivity index (χ0v) is 15.4. The molecule has 1 unspecified atom stereocenters. The minimum atomic E-state index is -0.491. The Morgan fingerprint density at radius 2 is 1.68 bits per heavy atom. The van der Waals surface area contributed by atoms with Crippen LogP contribution in [-0.2, 0) is 9.59 Å². The van der Waals surface area contributed by atoms with Gasteiger partial charge in [-0.1, -0.05) is 29.3 Å². The zero-order chi connectivity index (χ0) is 18.4. The van der Waals surface area contributed by atoms with Gasteiger partial charge in [0, 0.05) is 21.4 Å². The van der Waals surface area contributed by atoms with Gasteiger partial charge in [-0.2, -0.15) is 0 Å². The van der Waals surface area contributed by atoms with Gasteiger partial charge in [0.2, 0.25) is 11.8 Å². The van der Waals surface area contributed by atoms with E-state index in [0.717, 1.165) is 0 Å². The van der Waals surface area contributed by atoms with Crippen molar-refractivity contribution in [3.63, 3.8) is 0 Å². The third kappa shape index (κ3) is 6.05. The van der Waals surface area contributed by atoms with Crippen LogP contribution in [0.4, 0.5) is 11.4 Å². The van der Waals surface area contributed by atoms with Crippen molar-refractivity contribution in [2.45, 2.75) is 13.0 Å². The molecule has 0 saturated heterocycles. The molecule has 2 amide bonds. The fourth-order valence-corrected chi connectivity index (χ4v) is 2.43. The predicted molar refractivity (Wildman–Crippen MR) is 102 cm³/mol. The van der Waals surface area contributed by atoms with Crippen LogP contribution in [-0.4, -0.2) is 36.3 Å². The highest BCUT2D eigenvalue weighted by molar-refractivity contribution is 6.31. The minimum Gasteiger partial charge on any atom is -0.325 e. The number of rotatable bonds is 6. The van der Waals surface area contributed by atoms with Crippen LogP contribution in [0.2, 0.25) is 10.0 Å². The van der Waals surface area contributed by atoms with E-state index in [9.17, 15) is 9.59 Å². The molecular weight excluding hydrogens is 361 g/mol. The van der Waals surface area contributed by atoms with Gasteiger partial charge in [0.15, 0.2) is 0 Å². The molecule has 0 aromatic heterocycles. The van der Waals surface area contributed by atoms with E-state index in [1.54, 1.807) is 67.4 Å². The van der Waals surface area contributed by atoms with E-state index in [-0.39, 0.29) is 18.4 Å². The molecule has 0 saturated carbocycles. The topological polar surface area (TPSA) is 61.4 Å². The number of halogens is 2. The normalized spacial score (nSPS) is 11.9. The first-order chi connectivity index (χ1) is 11.8. The van der Waals surface area contributed by atoms with Gasteiger partial charge in [0.05, 0.1) is 12.6 Å². The average Bonchev–Trinajstić information content (AvgIpc) is 2.56. The van der Waals surface area contributed by atoms with Crippen molar-refractivity contribution in [1.29, 1.82) is 0 Å². The molecule has 5 nitrogen and oxygen atoms in total. The lowest BCUT2D eigenvalue weighted by Crippen LogP contribution is -2.43. The molecule has 0 aliphatic carbocycles. The number of nitrogens with one attached hydrogen (secondary N) is 2. The number of nitrogens with zero attached hydrogens (tertiary/aromatic N) is 1. The Kier molecular flexibility index (Phi) is 6.82. The summed E-state index contributed by atoms with van der Waals surface area (Å²) in [6.07, 6.45) is 0. The Hall–Kier alpha value is -2.08. The third-order valence-electron chi connectivity index (χ3n) is 3.65. The Morgan fingerprint density at radius 1 is 1.00 bits per heavy atom. The first kappa shape index (κ1) is 19.2. The molecule has 0 fully saturated rings. The number of hydrogen-bond donors (Lipinski definition) is 2. The maximum atomic E-state index is 12.3. The molecule has 25 heavy (non-hydrogen) atoms. The maximum Gasteiger partial charge on any atom is 0.241 e. The molecule has 2 rings (SSSR count). The van der Waals surface area contributed by atoms with Crippen LogP contribution >= 0.6 is 23.2 Å². The summed E-state index contributed by atoms with van der Waals surface area (Å²) in [5.41, 5.74) is 1.27. The molecule has 1 atom stereocenters. The number of anilines is 2. The molecule has 0 aliphatic rings. The minimum absolute atomic E-state index is 0.0761.